The normalized spacial score (nSPS) is 11.2. The van der Waals surface area contributed by atoms with Crippen LogP contribution in [0.3, 0.4) is 0 Å². The summed E-state index contributed by atoms with van der Waals surface area (Å²) in [5.74, 6) is -0.606. The van der Waals surface area contributed by atoms with Crippen LogP contribution in [0.15, 0.2) is 38.0 Å². The van der Waals surface area contributed by atoms with E-state index in [1.807, 2.05) is 0 Å². The van der Waals surface area contributed by atoms with E-state index in [4.69, 9.17) is 14.2 Å². The third kappa shape index (κ3) is 19.2. The SMILES string of the molecule is C=CC(=O)NCCCOCCC(COCCCNC(=O)C=C)OCCCNC(=O)C=C. The van der Waals surface area contributed by atoms with Crippen LogP contribution in [-0.2, 0) is 28.6 Å². The summed E-state index contributed by atoms with van der Waals surface area (Å²) >= 11 is 0. The fourth-order valence-electron chi connectivity index (χ4n) is 2.27. The number of carbonyl (C=O) groups is 3. The molecular weight excluding hydrogens is 402 g/mol. The van der Waals surface area contributed by atoms with Gasteiger partial charge in [0.05, 0.1) is 12.7 Å². The van der Waals surface area contributed by atoms with Crippen molar-refractivity contribution in [3.05, 3.63) is 38.0 Å². The summed E-state index contributed by atoms with van der Waals surface area (Å²) in [5, 5.41) is 8.08. The summed E-state index contributed by atoms with van der Waals surface area (Å²) < 4.78 is 17.1. The van der Waals surface area contributed by atoms with Gasteiger partial charge in [0.1, 0.15) is 0 Å². The molecule has 0 aromatic heterocycles. The Morgan fingerprint density at radius 2 is 1.13 bits per heavy atom. The minimum atomic E-state index is -0.207. The minimum absolute atomic E-state index is 0.140. The molecule has 0 aromatic rings. The van der Waals surface area contributed by atoms with Gasteiger partial charge in [0.25, 0.3) is 0 Å². The minimum Gasteiger partial charge on any atom is -0.381 e. The third-order valence-electron chi connectivity index (χ3n) is 3.95. The number of hydrogen-bond acceptors (Lipinski definition) is 6. The van der Waals surface area contributed by atoms with Crippen molar-refractivity contribution in [1.82, 2.24) is 16.0 Å². The molecule has 0 radical (unpaired) electrons. The number of hydrogen-bond donors (Lipinski definition) is 3. The summed E-state index contributed by atoms with van der Waals surface area (Å²) in [4.78, 5) is 33.3. The molecule has 176 valence electrons. The second-order valence-electron chi connectivity index (χ2n) is 6.51. The number of amides is 3. The molecule has 0 saturated heterocycles. The average Bonchev–Trinajstić information content (AvgIpc) is 2.78. The lowest BCUT2D eigenvalue weighted by molar-refractivity contribution is -0.117. The monoisotopic (exact) mass is 439 g/mol. The fourth-order valence-corrected chi connectivity index (χ4v) is 2.27. The first-order valence-corrected chi connectivity index (χ1v) is 10.5. The molecule has 0 fully saturated rings. The van der Waals surface area contributed by atoms with Gasteiger partial charge in [-0.3, -0.25) is 14.4 Å². The summed E-state index contributed by atoms with van der Waals surface area (Å²) in [6.07, 6.45) is 6.29. The number of nitrogens with one attached hydrogen (secondary N) is 3. The zero-order valence-electron chi connectivity index (χ0n) is 18.4. The number of carbonyl (C=O) groups excluding carboxylic acids is 3. The molecule has 0 aromatic carbocycles. The van der Waals surface area contributed by atoms with Gasteiger partial charge in [0.15, 0.2) is 0 Å². The summed E-state index contributed by atoms with van der Waals surface area (Å²) in [6.45, 7) is 14.2. The van der Waals surface area contributed by atoms with E-state index in [2.05, 4.69) is 35.7 Å². The molecule has 0 aliphatic heterocycles. The molecule has 3 N–H and O–H groups in total. The van der Waals surface area contributed by atoms with E-state index < -0.39 is 0 Å². The van der Waals surface area contributed by atoms with Crippen LogP contribution in [0.25, 0.3) is 0 Å². The Labute approximate surface area is 185 Å². The van der Waals surface area contributed by atoms with Crippen LogP contribution in [0.2, 0.25) is 0 Å². The van der Waals surface area contributed by atoms with Crippen LogP contribution in [0.1, 0.15) is 25.7 Å². The average molecular weight is 440 g/mol. The maximum atomic E-state index is 11.1. The lowest BCUT2D eigenvalue weighted by Gasteiger charge is -2.18. The van der Waals surface area contributed by atoms with Gasteiger partial charge < -0.3 is 30.2 Å². The lowest BCUT2D eigenvalue weighted by Crippen LogP contribution is -2.27. The van der Waals surface area contributed by atoms with Crippen LogP contribution in [-0.4, -0.2) is 76.5 Å². The highest BCUT2D eigenvalue weighted by Gasteiger charge is 2.10. The standard InChI is InChI=1S/C22H37N3O6/c1-4-20(26)23-11-7-14-29-17-10-19(31-16-9-13-25-22(28)6-3)18-30-15-8-12-24-21(27)5-2/h4-6,19H,1-3,7-18H2,(H,23,26)(H,24,27)(H,25,28). The van der Waals surface area contributed by atoms with Crippen molar-refractivity contribution >= 4 is 17.7 Å². The molecule has 9 nitrogen and oxygen atoms in total. The largest absolute Gasteiger partial charge is 0.381 e. The zero-order valence-corrected chi connectivity index (χ0v) is 18.4. The Bertz CT molecular complexity index is 553. The summed E-state index contributed by atoms with van der Waals surface area (Å²) in [5.41, 5.74) is 0. The van der Waals surface area contributed by atoms with Gasteiger partial charge in [0.2, 0.25) is 17.7 Å². The molecule has 9 heteroatoms. The molecule has 0 heterocycles. The van der Waals surface area contributed by atoms with Crippen molar-refractivity contribution in [2.24, 2.45) is 0 Å². The van der Waals surface area contributed by atoms with Crippen molar-refractivity contribution in [1.29, 1.82) is 0 Å². The fraction of sp³-hybridized carbons (Fsp3) is 0.591. The first-order valence-electron chi connectivity index (χ1n) is 10.5. The van der Waals surface area contributed by atoms with Crippen molar-refractivity contribution in [2.45, 2.75) is 31.8 Å². The Morgan fingerprint density at radius 1 is 0.677 bits per heavy atom. The van der Waals surface area contributed by atoms with Crippen molar-refractivity contribution < 1.29 is 28.6 Å². The zero-order chi connectivity index (χ0) is 23.2. The molecule has 0 aliphatic rings. The van der Waals surface area contributed by atoms with Gasteiger partial charge in [-0.1, -0.05) is 19.7 Å². The smallest absolute Gasteiger partial charge is 0.243 e. The second-order valence-corrected chi connectivity index (χ2v) is 6.51. The molecule has 1 unspecified atom stereocenters. The van der Waals surface area contributed by atoms with Crippen LogP contribution >= 0.6 is 0 Å². The molecule has 1 atom stereocenters. The van der Waals surface area contributed by atoms with Gasteiger partial charge in [-0.15, -0.1) is 0 Å². The highest BCUT2D eigenvalue weighted by molar-refractivity contribution is 5.87. The number of ether oxygens (including phenoxy) is 3. The maximum absolute atomic E-state index is 11.1. The van der Waals surface area contributed by atoms with E-state index in [1.54, 1.807) is 0 Å². The molecule has 31 heavy (non-hydrogen) atoms. The predicted molar refractivity (Wildman–Crippen MR) is 119 cm³/mol. The lowest BCUT2D eigenvalue weighted by atomic mass is 10.2. The predicted octanol–water partition coefficient (Wildman–Crippen LogP) is 0.872. The van der Waals surface area contributed by atoms with Gasteiger partial charge >= 0.3 is 0 Å². The van der Waals surface area contributed by atoms with E-state index in [0.717, 1.165) is 0 Å². The molecular formula is C22H37N3O6. The van der Waals surface area contributed by atoms with Crippen LogP contribution in [0.5, 0.6) is 0 Å². The molecule has 3 amide bonds. The maximum Gasteiger partial charge on any atom is 0.243 e. The summed E-state index contributed by atoms with van der Waals surface area (Å²) in [7, 11) is 0. The summed E-state index contributed by atoms with van der Waals surface area (Å²) in [6, 6.07) is 0. The molecule has 0 rings (SSSR count). The van der Waals surface area contributed by atoms with Gasteiger partial charge in [-0.25, -0.2) is 0 Å². The number of rotatable bonds is 21. The molecule has 0 spiro atoms. The van der Waals surface area contributed by atoms with Crippen molar-refractivity contribution in [3.63, 3.8) is 0 Å². The first-order chi connectivity index (χ1) is 15.0. The van der Waals surface area contributed by atoms with E-state index in [-0.39, 0.29) is 23.8 Å². The highest BCUT2D eigenvalue weighted by Crippen LogP contribution is 2.03. The Hall–Kier alpha value is -2.49. The van der Waals surface area contributed by atoms with Crippen molar-refractivity contribution in [3.8, 4) is 0 Å². The van der Waals surface area contributed by atoms with E-state index >= 15 is 0 Å². The van der Waals surface area contributed by atoms with Gasteiger partial charge in [0, 0.05) is 46.1 Å². The molecule has 0 aliphatic carbocycles. The van der Waals surface area contributed by atoms with Crippen molar-refractivity contribution in [2.75, 3.05) is 52.7 Å². The van der Waals surface area contributed by atoms with Crippen LogP contribution < -0.4 is 16.0 Å². The highest BCUT2D eigenvalue weighted by atomic mass is 16.5. The first kappa shape index (κ1) is 28.5. The Kier molecular flexibility index (Phi) is 19.1. The molecule has 0 saturated carbocycles. The quantitative estimate of drug-likeness (QED) is 0.181. The second kappa shape index (κ2) is 20.8. The molecule has 0 bridgehead atoms. The van der Waals surface area contributed by atoms with E-state index in [1.165, 1.54) is 18.2 Å². The van der Waals surface area contributed by atoms with E-state index in [9.17, 15) is 14.4 Å². The van der Waals surface area contributed by atoms with Crippen LogP contribution in [0, 0.1) is 0 Å². The third-order valence-corrected chi connectivity index (χ3v) is 3.95. The topological polar surface area (TPSA) is 115 Å². The van der Waals surface area contributed by atoms with Crippen LogP contribution in [0.4, 0.5) is 0 Å². The van der Waals surface area contributed by atoms with Gasteiger partial charge in [-0.2, -0.15) is 0 Å². The van der Waals surface area contributed by atoms with E-state index in [0.29, 0.717) is 78.4 Å². The van der Waals surface area contributed by atoms with Gasteiger partial charge in [-0.05, 0) is 43.9 Å². The Morgan fingerprint density at radius 3 is 1.61 bits per heavy atom. The Balaban J connectivity index is 4.03.